The quantitative estimate of drug-likeness (QED) is 0.851. The van der Waals surface area contributed by atoms with Gasteiger partial charge in [-0.05, 0) is 19.1 Å². The van der Waals surface area contributed by atoms with Gasteiger partial charge >= 0.3 is 0 Å². The number of hydrogen-bond donors (Lipinski definition) is 2. The third kappa shape index (κ3) is 4.17. The number of aliphatic hydroxyl groups is 1. The summed E-state index contributed by atoms with van der Waals surface area (Å²) in [5.74, 6) is 5.75. The fourth-order valence-electron chi connectivity index (χ4n) is 1.47. The molecule has 0 aliphatic rings. The normalized spacial score (nSPS) is 9.90. The van der Waals surface area contributed by atoms with E-state index in [1.54, 1.807) is 17.5 Å². The number of hydrogen-bond acceptors (Lipinski definition) is 5. The van der Waals surface area contributed by atoms with Crippen molar-refractivity contribution in [1.82, 2.24) is 10.3 Å². The molecule has 2 rings (SSSR count). The maximum atomic E-state index is 11.9. The number of aryl methyl sites for hydroxylation is 1. The lowest BCUT2D eigenvalue weighted by Gasteiger charge is -1.99. The Kier molecular flexibility index (Phi) is 5.30. The minimum Gasteiger partial charge on any atom is -0.395 e. The first kappa shape index (κ1) is 14.7. The van der Waals surface area contributed by atoms with Gasteiger partial charge in [0.1, 0.15) is 4.88 Å². The van der Waals surface area contributed by atoms with Gasteiger partial charge in [0.05, 0.1) is 29.2 Å². The molecule has 0 fully saturated rings. The maximum Gasteiger partial charge on any atom is 0.263 e. The molecule has 0 aliphatic heterocycles. The van der Waals surface area contributed by atoms with E-state index >= 15 is 0 Å². The molecule has 0 unspecified atom stereocenters. The maximum absolute atomic E-state index is 11.9. The second-order valence-corrected chi connectivity index (χ2v) is 6.37. The third-order valence-electron chi connectivity index (χ3n) is 2.38. The lowest BCUT2D eigenvalue weighted by atomic mass is 10.4. The predicted octanol–water partition coefficient (Wildman–Crippen LogP) is 2.18. The van der Waals surface area contributed by atoms with E-state index in [9.17, 15) is 4.79 Å². The minimum absolute atomic E-state index is 0.0789. The van der Waals surface area contributed by atoms with Gasteiger partial charge in [0.15, 0.2) is 0 Å². The molecule has 0 bridgehead atoms. The largest absolute Gasteiger partial charge is 0.395 e. The Bertz CT molecular complexity index is 649. The molecule has 4 nitrogen and oxygen atoms in total. The molecule has 0 saturated heterocycles. The lowest BCUT2D eigenvalue weighted by Crippen LogP contribution is -2.21. The van der Waals surface area contributed by atoms with Crippen LogP contribution in [0.3, 0.4) is 0 Å². The monoisotopic (exact) mass is 306 g/mol. The van der Waals surface area contributed by atoms with E-state index in [-0.39, 0.29) is 12.5 Å². The zero-order valence-corrected chi connectivity index (χ0v) is 12.6. The van der Waals surface area contributed by atoms with E-state index in [0.717, 1.165) is 14.8 Å². The molecule has 20 heavy (non-hydrogen) atoms. The van der Waals surface area contributed by atoms with Crippen LogP contribution in [0.5, 0.6) is 0 Å². The van der Waals surface area contributed by atoms with Crippen LogP contribution in [-0.4, -0.2) is 22.6 Å². The van der Waals surface area contributed by atoms with Gasteiger partial charge in [-0.15, -0.1) is 22.7 Å². The van der Waals surface area contributed by atoms with Crippen molar-refractivity contribution in [2.45, 2.75) is 19.9 Å². The van der Waals surface area contributed by atoms with Gasteiger partial charge in [-0.1, -0.05) is 11.8 Å². The van der Waals surface area contributed by atoms with E-state index < -0.39 is 0 Å². The third-order valence-corrected chi connectivity index (χ3v) is 4.29. The summed E-state index contributed by atoms with van der Waals surface area (Å²) in [6.07, 6.45) is 2.07. The van der Waals surface area contributed by atoms with E-state index in [2.05, 4.69) is 22.1 Å². The average Bonchev–Trinajstić information content (AvgIpc) is 3.05. The highest BCUT2D eigenvalue weighted by molar-refractivity contribution is 7.13. The van der Waals surface area contributed by atoms with Crippen molar-refractivity contribution in [2.24, 2.45) is 0 Å². The van der Waals surface area contributed by atoms with Gasteiger partial charge in [0.25, 0.3) is 5.91 Å². The highest BCUT2D eigenvalue weighted by Gasteiger charge is 2.08. The van der Waals surface area contributed by atoms with Crippen molar-refractivity contribution in [1.29, 1.82) is 0 Å². The Labute approximate surface area is 125 Å². The van der Waals surface area contributed by atoms with Gasteiger partial charge in [0, 0.05) is 11.3 Å². The topological polar surface area (TPSA) is 62.2 Å². The molecule has 0 aliphatic carbocycles. The molecule has 2 aromatic heterocycles. The van der Waals surface area contributed by atoms with Crippen LogP contribution in [0.2, 0.25) is 0 Å². The second kappa shape index (κ2) is 7.20. The first-order valence-electron chi connectivity index (χ1n) is 6.08. The zero-order chi connectivity index (χ0) is 14.4. The highest BCUT2D eigenvalue weighted by Crippen LogP contribution is 2.16. The number of thiophene rings is 1. The van der Waals surface area contributed by atoms with Gasteiger partial charge in [-0.3, -0.25) is 4.79 Å². The highest BCUT2D eigenvalue weighted by atomic mass is 32.1. The number of aliphatic hydroxyl groups excluding tert-OH is 1. The average molecular weight is 306 g/mol. The van der Waals surface area contributed by atoms with Gasteiger partial charge < -0.3 is 10.4 Å². The summed E-state index contributed by atoms with van der Waals surface area (Å²) < 4.78 is 0. The molecule has 0 saturated carbocycles. The molecule has 2 heterocycles. The molecular weight excluding hydrogens is 292 g/mol. The van der Waals surface area contributed by atoms with Gasteiger partial charge in [-0.25, -0.2) is 4.98 Å². The number of rotatable bonds is 4. The Morgan fingerprint density at radius 1 is 1.45 bits per heavy atom. The Hall–Kier alpha value is -1.68. The van der Waals surface area contributed by atoms with Crippen molar-refractivity contribution >= 4 is 28.6 Å². The van der Waals surface area contributed by atoms with Crippen molar-refractivity contribution in [3.8, 4) is 11.8 Å². The molecule has 6 heteroatoms. The molecule has 0 atom stereocenters. The Balaban J connectivity index is 1.88. The van der Waals surface area contributed by atoms with E-state index in [4.69, 9.17) is 5.11 Å². The lowest BCUT2D eigenvalue weighted by molar-refractivity contribution is 0.0955. The van der Waals surface area contributed by atoms with Crippen molar-refractivity contribution in [2.75, 3.05) is 6.61 Å². The summed E-state index contributed by atoms with van der Waals surface area (Å²) in [6.45, 7) is 2.44. The zero-order valence-electron chi connectivity index (χ0n) is 11.0. The molecule has 0 aromatic carbocycles. The van der Waals surface area contributed by atoms with Crippen LogP contribution in [0.1, 0.15) is 30.9 Å². The molecule has 0 radical (unpaired) electrons. The Morgan fingerprint density at radius 3 is 3.00 bits per heavy atom. The van der Waals surface area contributed by atoms with Crippen LogP contribution in [0.15, 0.2) is 18.3 Å². The van der Waals surface area contributed by atoms with Crippen LogP contribution < -0.4 is 5.32 Å². The number of thiazole rings is 1. The fraction of sp³-hybridized carbons (Fsp3) is 0.286. The van der Waals surface area contributed by atoms with Gasteiger partial charge in [-0.2, -0.15) is 0 Å². The van der Waals surface area contributed by atoms with Crippen LogP contribution >= 0.6 is 22.7 Å². The summed E-state index contributed by atoms with van der Waals surface area (Å²) in [6, 6.07) is 3.87. The summed E-state index contributed by atoms with van der Waals surface area (Å²) >= 11 is 2.93. The van der Waals surface area contributed by atoms with E-state index in [1.807, 2.05) is 19.1 Å². The summed E-state index contributed by atoms with van der Waals surface area (Å²) in [5.41, 5.74) is 0. The number of aromatic nitrogens is 1. The van der Waals surface area contributed by atoms with Crippen molar-refractivity contribution < 1.29 is 9.90 Å². The van der Waals surface area contributed by atoms with Crippen LogP contribution in [-0.2, 0) is 6.54 Å². The van der Waals surface area contributed by atoms with Crippen LogP contribution in [0, 0.1) is 18.8 Å². The fourth-order valence-corrected chi connectivity index (χ4v) is 2.98. The SMILES string of the molecule is Cc1ncc(C(=O)NCc2ccc(C#CCCO)s2)s1. The minimum atomic E-state index is -0.100. The standard InChI is InChI=1S/C14H14N2O2S2/c1-10-15-9-13(19-10)14(18)16-8-12-6-5-11(20-12)4-2-3-7-17/h5-6,9,17H,3,7-8H2,1H3,(H,16,18). The number of carbonyl (C=O) groups excluding carboxylic acids is 1. The summed E-state index contributed by atoms with van der Waals surface area (Å²) in [4.78, 5) is 18.5. The Morgan fingerprint density at radius 2 is 2.30 bits per heavy atom. The number of nitrogens with one attached hydrogen (secondary N) is 1. The first-order valence-corrected chi connectivity index (χ1v) is 7.71. The molecule has 2 N–H and O–H groups in total. The molecular formula is C14H14N2O2S2. The second-order valence-electron chi connectivity index (χ2n) is 3.97. The summed E-state index contributed by atoms with van der Waals surface area (Å²) in [7, 11) is 0. The van der Waals surface area contributed by atoms with Crippen molar-refractivity contribution in [3.05, 3.63) is 38.0 Å². The predicted molar refractivity (Wildman–Crippen MR) is 80.9 cm³/mol. The summed E-state index contributed by atoms with van der Waals surface area (Å²) in [5, 5.41) is 12.4. The van der Waals surface area contributed by atoms with Crippen LogP contribution in [0.4, 0.5) is 0 Å². The smallest absolute Gasteiger partial charge is 0.263 e. The number of carbonyl (C=O) groups is 1. The van der Waals surface area contributed by atoms with Crippen molar-refractivity contribution in [3.63, 3.8) is 0 Å². The van der Waals surface area contributed by atoms with E-state index in [0.29, 0.717) is 17.8 Å². The molecule has 104 valence electrons. The molecule has 1 amide bonds. The number of nitrogens with zero attached hydrogens (tertiary/aromatic N) is 1. The first-order chi connectivity index (χ1) is 9.69. The van der Waals surface area contributed by atoms with Crippen LogP contribution in [0.25, 0.3) is 0 Å². The number of amides is 1. The van der Waals surface area contributed by atoms with E-state index in [1.165, 1.54) is 11.3 Å². The molecule has 2 aromatic rings. The van der Waals surface area contributed by atoms with Gasteiger partial charge in [0.2, 0.25) is 0 Å². The molecule has 0 spiro atoms.